The van der Waals surface area contributed by atoms with Crippen molar-refractivity contribution in [3.63, 3.8) is 0 Å². The molecule has 0 aliphatic heterocycles. The molecule has 142 valence electrons. The first-order chi connectivity index (χ1) is 13.7. The molecular weight excluding hydrogens is 358 g/mol. The fourth-order valence-corrected chi connectivity index (χ4v) is 3.02. The number of nitrogens with two attached hydrogens (primary N) is 1. The summed E-state index contributed by atoms with van der Waals surface area (Å²) in [5.74, 6) is 1.31. The first kappa shape index (κ1) is 17.7. The number of para-hydroxylation sites is 2. The van der Waals surface area contributed by atoms with Crippen molar-refractivity contribution in [1.29, 1.82) is 0 Å². The Hall–Kier alpha value is -3.65. The minimum atomic E-state index is -0.259. The van der Waals surface area contributed by atoms with Crippen molar-refractivity contribution in [2.45, 2.75) is 13.2 Å². The fourth-order valence-electron chi connectivity index (χ4n) is 3.02. The van der Waals surface area contributed by atoms with Crippen LogP contribution in [0.1, 0.15) is 5.69 Å². The van der Waals surface area contributed by atoms with E-state index in [9.17, 15) is 9.90 Å². The largest absolute Gasteiger partial charge is 0.487 e. The lowest BCUT2D eigenvalue weighted by Gasteiger charge is -2.07. The second-order valence-electron chi connectivity index (χ2n) is 6.19. The van der Waals surface area contributed by atoms with Crippen LogP contribution in [0.3, 0.4) is 0 Å². The molecule has 0 atom stereocenters. The van der Waals surface area contributed by atoms with Crippen LogP contribution < -0.4 is 16.0 Å². The van der Waals surface area contributed by atoms with E-state index in [2.05, 4.69) is 15.1 Å². The van der Waals surface area contributed by atoms with Crippen LogP contribution in [0.15, 0.2) is 59.4 Å². The molecule has 2 heterocycles. The number of nitrogens with zero attached hydrogens (tertiary/aromatic N) is 3. The lowest BCUT2D eigenvalue weighted by Crippen LogP contribution is -2.11. The van der Waals surface area contributed by atoms with Crippen molar-refractivity contribution in [1.82, 2.24) is 19.7 Å². The van der Waals surface area contributed by atoms with Crippen molar-refractivity contribution < 1.29 is 9.84 Å². The van der Waals surface area contributed by atoms with E-state index in [1.54, 1.807) is 18.2 Å². The molecule has 0 unspecified atom stereocenters. The average molecular weight is 377 g/mol. The normalized spacial score (nSPS) is 11.0. The minimum Gasteiger partial charge on any atom is -0.487 e. The summed E-state index contributed by atoms with van der Waals surface area (Å²) in [5, 5.41) is 14.2. The topological polar surface area (TPSA) is 119 Å². The number of nitrogens with one attached hydrogen (secondary N) is 1. The molecule has 0 aliphatic rings. The Morgan fingerprint density at radius 3 is 2.64 bits per heavy atom. The number of aliphatic hydroxyl groups is 1. The molecule has 0 saturated heterocycles. The molecule has 28 heavy (non-hydrogen) atoms. The van der Waals surface area contributed by atoms with Gasteiger partial charge in [0.2, 0.25) is 0 Å². The minimum absolute atomic E-state index is 0.119. The molecule has 2 aromatic heterocycles. The summed E-state index contributed by atoms with van der Waals surface area (Å²) in [6.45, 7) is 0.243. The smallest absolute Gasteiger partial charge is 0.259 e. The number of anilines is 1. The molecule has 8 heteroatoms. The Labute approximate surface area is 160 Å². The van der Waals surface area contributed by atoms with Gasteiger partial charge in [0, 0.05) is 0 Å². The standard InChI is InChI=1S/C20H19N5O3/c21-18-17(19-22-15-9-5-4-8-14(15)20(27)23-19)16(24-25(18)10-11-26)12-28-13-6-2-1-3-7-13/h1-9,26H,10-12,21H2,(H,22,23,27). The van der Waals surface area contributed by atoms with Gasteiger partial charge in [0.25, 0.3) is 5.56 Å². The van der Waals surface area contributed by atoms with Gasteiger partial charge in [0.15, 0.2) is 0 Å². The Kier molecular flexibility index (Phi) is 4.77. The number of ether oxygens (including phenoxy) is 1. The second-order valence-corrected chi connectivity index (χ2v) is 6.19. The van der Waals surface area contributed by atoms with Crippen LogP contribution in [-0.2, 0) is 13.2 Å². The molecule has 0 spiro atoms. The van der Waals surface area contributed by atoms with E-state index in [1.165, 1.54) is 4.68 Å². The zero-order valence-corrected chi connectivity index (χ0v) is 15.0. The zero-order valence-electron chi connectivity index (χ0n) is 15.0. The van der Waals surface area contributed by atoms with Gasteiger partial charge in [-0.2, -0.15) is 5.10 Å². The van der Waals surface area contributed by atoms with Gasteiger partial charge >= 0.3 is 0 Å². The number of aromatic nitrogens is 4. The summed E-state index contributed by atoms with van der Waals surface area (Å²) >= 11 is 0. The molecule has 0 saturated carbocycles. The number of nitrogen functional groups attached to an aromatic ring is 1. The van der Waals surface area contributed by atoms with Gasteiger partial charge in [-0.15, -0.1) is 0 Å². The van der Waals surface area contributed by atoms with Crippen LogP contribution in [0.4, 0.5) is 5.82 Å². The maximum atomic E-state index is 12.5. The van der Waals surface area contributed by atoms with Gasteiger partial charge in [-0.05, 0) is 24.3 Å². The van der Waals surface area contributed by atoms with Crippen molar-refractivity contribution in [3.8, 4) is 17.1 Å². The molecule has 2 aromatic carbocycles. The lowest BCUT2D eigenvalue weighted by atomic mass is 10.2. The molecule has 4 aromatic rings. The van der Waals surface area contributed by atoms with Crippen LogP contribution in [0.25, 0.3) is 22.3 Å². The highest BCUT2D eigenvalue weighted by molar-refractivity contribution is 5.81. The number of hydrogen-bond donors (Lipinski definition) is 3. The first-order valence-corrected chi connectivity index (χ1v) is 8.80. The highest BCUT2D eigenvalue weighted by Gasteiger charge is 2.20. The third-order valence-corrected chi connectivity index (χ3v) is 4.34. The van der Waals surface area contributed by atoms with Crippen LogP contribution >= 0.6 is 0 Å². The highest BCUT2D eigenvalue weighted by atomic mass is 16.5. The van der Waals surface area contributed by atoms with Crippen LogP contribution in [-0.4, -0.2) is 31.5 Å². The summed E-state index contributed by atoms with van der Waals surface area (Å²) < 4.78 is 7.29. The summed E-state index contributed by atoms with van der Waals surface area (Å²) in [5.41, 5.74) is 7.57. The van der Waals surface area contributed by atoms with Gasteiger partial charge in [0.1, 0.15) is 29.7 Å². The van der Waals surface area contributed by atoms with E-state index < -0.39 is 0 Å². The van der Waals surface area contributed by atoms with E-state index in [4.69, 9.17) is 10.5 Å². The van der Waals surface area contributed by atoms with E-state index in [-0.39, 0.29) is 25.3 Å². The van der Waals surface area contributed by atoms with Gasteiger partial charge in [-0.3, -0.25) is 4.79 Å². The molecule has 0 radical (unpaired) electrons. The Bertz CT molecular complexity index is 1170. The predicted octanol–water partition coefficient (Wildman–Crippen LogP) is 1.94. The number of H-pyrrole nitrogens is 1. The van der Waals surface area contributed by atoms with Gasteiger partial charge in [-0.25, -0.2) is 9.67 Å². The van der Waals surface area contributed by atoms with E-state index in [0.717, 1.165) is 0 Å². The summed E-state index contributed by atoms with van der Waals surface area (Å²) in [7, 11) is 0. The fraction of sp³-hybridized carbons (Fsp3) is 0.150. The molecule has 8 nitrogen and oxygen atoms in total. The highest BCUT2D eigenvalue weighted by Crippen LogP contribution is 2.28. The number of benzene rings is 2. The van der Waals surface area contributed by atoms with Crippen LogP contribution in [0.5, 0.6) is 5.75 Å². The SMILES string of the molecule is Nc1c(-c2nc3ccccc3c(=O)[nH]2)c(COc2ccccc2)nn1CCO. The molecule has 0 bridgehead atoms. The molecular formula is C20H19N5O3. The van der Waals surface area contributed by atoms with Crippen molar-refractivity contribution in [3.05, 3.63) is 70.6 Å². The quantitative estimate of drug-likeness (QED) is 0.472. The number of rotatable bonds is 6. The van der Waals surface area contributed by atoms with Crippen molar-refractivity contribution in [2.24, 2.45) is 0 Å². The Balaban J connectivity index is 1.79. The molecule has 4 rings (SSSR count). The zero-order chi connectivity index (χ0) is 19.5. The third kappa shape index (κ3) is 3.33. The van der Waals surface area contributed by atoms with Crippen molar-refractivity contribution in [2.75, 3.05) is 12.3 Å². The van der Waals surface area contributed by atoms with Crippen molar-refractivity contribution >= 4 is 16.7 Å². The van der Waals surface area contributed by atoms with Crippen LogP contribution in [0, 0.1) is 0 Å². The molecule has 0 amide bonds. The van der Waals surface area contributed by atoms with E-state index in [1.807, 2.05) is 36.4 Å². The maximum absolute atomic E-state index is 12.5. The Morgan fingerprint density at radius 1 is 1.11 bits per heavy atom. The molecule has 4 N–H and O–H groups in total. The monoisotopic (exact) mass is 377 g/mol. The number of hydrogen-bond acceptors (Lipinski definition) is 6. The summed E-state index contributed by atoms with van der Waals surface area (Å²) in [6, 6.07) is 16.4. The second kappa shape index (κ2) is 7.53. The predicted molar refractivity (Wildman–Crippen MR) is 106 cm³/mol. The van der Waals surface area contributed by atoms with E-state index >= 15 is 0 Å². The summed E-state index contributed by atoms with van der Waals surface area (Å²) in [4.78, 5) is 19.8. The van der Waals surface area contributed by atoms with Gasteiger partial charge in [-0.1, -0.05) is 30.3 Å². The first-order valence-electron chi connectivity index (χ1n) is 8.80. The number of aromatic amines is 1. The van der Waals surface area contributed by atoms with Crippen LogP contribution in [0.2, 0.25) is 0 Å². The van der Waals surface area contributed by atoms with Gasteiger partial charge in [0.05, 0.1) is 29.6 Å². The van der Waals surface area contributed by atoms with E-state index in [0.29, 0.717) is 39.6 Å². The van der Waals surface area contributed by atoms with Gasteiger partial charge < -0.3 is 20.6 Å². The number of aliphatic hydroxyl groups excluding tert-OH is 1. The lowest BCUT2D eigenvalue weighted by molar-refractivity contribution is 0.267. The summed E-state index contributed by atoms with van der Waals surface area (Å²) in [6.07, 6.45) is 0. The average Bonchev–Trinajstić information content (AvgIpc) is 3.03. The third-order valence-electron chi connectivity index (χ3n) is 4.34. The Morgan fingerprint density at radius 2 is 1.86 bits per heavy atom. The number of fused-ring (bicyclic) bond motifs is 1. The molecule has 0 aliphatic carbocycles. The molecule has 0 fully saturated rings. The maximum Gasteiger partial charge on any atom is 0.259 e.